The van der Waals surface area contributed by atoms with Crippen LogP contribution in [0.4, 0.5) is 0 Å². The molecule has 0 atom stereocenters. The first-order valence-corrected chi connectivity index (χ1v) is 4.57. The van der Waals surface area contributed by atoms with Crippen LogP contribution >= 0.6 is 0 Å². The molecule has 0 saturated heterocycles. The van der Waals surface area contributed by atoms with E-state index in [1.165, 1.54) is 6.92 Å². The molecule has 0 N–H and O–H groups in total. The van der Waals surface area contributed by atoms with Gasteiger partial charge in [-0.15, -0.1) is 0 Å². The number of Topliss-reactive ketones (excluding diaryl/α,β-unsaturated/α-hetero) is 1. The maximum atomic E-state index is 10.8. The molecule has 0 aromatic carbocycles. The number of furan rings is 1. The zero-order valence-corrected chi connectivity index (χ0v) is 8.27. The maximum absolute atomic E-state index is 10.8. The number of hydrogen-bond acceptors (Lipinski definition) is 5. The molecule has 0 saturated carbocycles. The van der Waals surface area contributed by atoms with Gasteiger partial charge in [-0.2, -0.15) is 4.98 Å². The fourth-order valence-electron chi connectivity index (χ4n) is 1.22. The van der Waals surface area contributed by atoms with E-state index in [9.17, 15) is 4.79 Å². The molecule has 0 aliphatic rings. The second-order valence-electron chi connectivity index (χ2n) is 3.24. The zero-order valence-electron chi connectivity index (χ0n) is 8.27. The second-order valence-corrected chi connectivity index (χ2v) is 3.24. The number of carbonyl (C=O) groups is 1. The molecule has 0 fully saturated rings. The molecular formula is C10H10N2O3. The SMILES string of the molecule is CC(=O)Cc1noc(Cc2ccco2)n1. The fourth-order valence-corrected chi connectivity index (χ4v) is 1.22. The Kier molecular flexibility index (Phi) is 2.62. The van der Waals surface area contributed by atoms with E-state index < -0.39 is 0 Å². The van der Waals surface area contributed by atoms with Gasteiger partial charge in [0.25, 0.3) is 0 Å². The molecule has 0 spiro atoms. The van der Waals surface area contributed by atoms with Crippen molar-refractivity contribution in [2.45, 2.75) is 19.8 Å². The number of ketones is 1. The van der Waals surface area contributed by atoms with Gasteiger partial charge in [0.15, 0.2) is 5.82 Å². The Morgan fingerprint density at radius 2 is 2.40 bits per heavy atom. The Balaban J connectivity index is 2.04. The smallest absolute Gasteiger partial charge is 0.234 e. The third-order valence-electron chi connectivity index (χ3n) is 1.82. The van der Waals surface area contributed by atoms with Crippen LogP contribution in [0.2, 0.25) is 0 Å². The van der Waals surface area contributed by atoms with Crippen molar-refractivity contribution < 1.29 is 13.7 Å². The number of nitrogens with zero attached hydrogens (tertiary/aromatic N) is 2. The van der Waals surface area contributed by atoms with Gasteiger partial charge in [0.2, 0.25) is 5.89 Å². The van der Waals surface area contributed by atoms with E-state index in [4.69, 9.17) is 8.94 Å². The molecular weight excluding hydrogens is 196 g/mol. The van der Waals surface area contributed by atoms with Crippen molar-refractivity contribution in [3.63, 3.8) is 0 Å². The van der Waals surface area contributed by atoms with Crippen LogP contribution < -0.4 is 0 Å². The third-order valence-corrected chi connectivity index (χ3v) is 1.82. The average Bonchev–Trinajstić information content (AvgIpc) is 2.77. The minimum Gasteiger partial charge on any atom is -0.469 e. The van der Waals surface area contributed by atoms with Crippen LogP contribution in [0.1, 0.15) is 24.4 Å². The molecule has 0 aliphatic heterocycles. The predicted molar refractivity (Wildman–Crippen MR) is 50.2 cm³/mol. The molecule has 5 nitrogen and oxygen atoms in total. The highest BCUT2D eigenvalue weighted by atomic mass is 16.5. The second kappa shape index (κ2) is 4.08. The van der Waals surface area contributed by atoms with E-state index >= 15 is 0 Å². The molecule has 0 amide bonds. The van der Waals surface area contributed by atoms with Gasteiger partial charge in [0, 0.05) is 0 Å². The monoisotopic (exact) mass is 206 g/mol. The van der Waals surface area contributed by atoms with Crippen LogP contribution in [0.3, 0.4) is 0 Å². The quantitative estimate of drug-likeness (QED) is 0.755. The van der Waals surface area contributed by atoms with E-state index in [1.807, 2.05) is 6.07 Å². The molecule has 0 unspecified atom stereocenters. The summed E-state index contributed by atoms with van der Waals surface area (Å²) in [5, 5.41) is 3.69. The van der Waals surface area contributed by atoms with Gasteiger partial charge in [-0.3, -0.25) is 4.79 Å². The summed E-state index contributed by atoms with van der Waals surface area (Å²) in [5.41, 5.74) is 0. The summed E-state index contributed by atoms with van der Waals surface area (Å²) >= 11 is 0. The summed E-state index contributed by atoms with van der Waals surface area (Å²) in [4.78, 5) is 14.9. The summed E-state index contributed by atoms with van der Waals surface area (Å²) in [6.07, 6.45) is 2.25. The molecule has 0 radical (unpaired) electrons. The first-order chi connectivity index (χ1) is 7.24. The van der Waals surface area contributed by atoms with E-state index in [0.717, 1.165) is 5.76 Å². The lowest BCUT2D eigenvalue weighted by atomic mass is 10.3. The van der Waals surface area contributed by atoms with Gasteiger partial charge < -0.3 is 8.94 Å². The maximum Gasteiger partial charge on any atom is 0.234 e. The summed E-state index contributed by atoms with van der Waals surface area (Å²) in [6, 6.07) is 3.62. The Hall–Kier alpha value is -1.91. The summed E-state index contributed by atoms with van der Waals surface area (Å²) in [6.45, 7) is 1.49. The van der Waals surface area contributed by atoms with Crippen molar-refractivity contribution in [2.75, 3.05) is 0 Å². The molecule has 2 aromatic heterocycles. The minimum atomic E-state index is 0.0142. The minimum absolute atomic E-state index is 0.0142. The lowest BCUT2D eigenvalue weighted by Gasteiger charge is -1.87. The average molecular weight is 206 g/mol. The Morgan fingerprint density at radius 1 is 1.53 bits per heavy atom. The standard InChI is InChI=1S/C10H10N2O3/c1-7(13)5-9-11-10(15-12-9)6-8-3-2-4-14-8/h2-4H,5-6H2,1H3. The zero-order chi connectivity index (χ0) is 10.7. The highest BCUT2D eigenvalue weighted by Gasteiger charge is 2.09. The molecule has 15 heavy (non-hydrogen) atoms. The Labute approximate surface area is 86.1 Å². The Bertz CT molecular complexity index is 445. The largest absolute Gasteiger partial charge is 0.469 e. The normalized spacial score (nSPS) is 10.5. The van der Waals surface area contributed by atoms with Gasteiger partial charge in [0.05, 0.1) is 19.1 Å². The van der Waals surface area contributed by atoms with Gasteiger partial charge in [0.1, 0.15) is 11.5 Å². The summed E-state index contributed by atoms with van der Waals surface area (Å²) in [5.74, 6) is 1.65. The van der Waals surface area contributed by atoms with Crippen LogP contribution in [0.5, 0.6) is 0 Å². The number of carbonyl (C=O) groups excluding carboxylic acids is 1. The topological polar surface area (TPSA) is 69.1 Å². The highest BCUT2D eigenvalue weighted by molar-refractivity contribution is 5.77. The van der Waals surface area contributed by atoms with Crippen molar-refractivity contribution in [1.29, 1.82) is 0 Å². The van der Waals surface area contributed by atoms with Crippen LogP contribution in [-0.4, -0.2) is 15.9 Å². The fraction of sp³-hybridized carbons (Fsp3) is 0.300. The first kappa shape index (κ1) is 9.64. The number of rotatable bonds is 4. The molecule has 2 heterocycles. The third kappa shape index (κ3) is 2.52. The van der Waals surface area contributed by atoms with E-state index in [0.29, 0.717) is 18.1 Å². The highest BCUT2D eigenvalue weighted by Crippen LogP contribution is 2.08. The van der Waals surface area contributed by atoms with Gasteiger partial charge in [-0.25, -0.2) is 0 Å². The molecule has 2 rings (SSSR count). The predicted octanol–water partition coefficient (Wildman–Crippen LogP) is 1.38. The van der Waals surface area contributed by atoms with Gasteiger partial charge in [-0.05, 0) is 19.1 Å². The van der Waals surface area contributed by atoms with Crippen LogP contribution in [0.25, 0.3) is 0 Å². The van der Waals surface area contributed by atoms with Crippen molar-refractivity contribution in [3.8, 4) is 0 Å². The molecule has 2 aromatic rings. The van der Waals surface area contributed by atoms with Crippen molar-refractivity contribution in [1.82, 2.24) is 10.1 Å². The lowest BCUT2D eigenvalue weighted by Crippen LogP contribution is -1.98. The number of aromatic nitrogens is 2. The van der Waals surface area contributed by atoms with E-state index in [1.54, 1.807) is 12.3 Å². The van der Waals surface area contributed by atoms with Crippen molar-refractivity contribution in [3.05, 3.63) is 35.9 Å². The van der Waals surface area contributed by atoms with Crippen LogP contribution in [-0.2, 0) is 17.6 Å². The molecule has 78 valence electrons. The molecule has 0 aliphatic carbocycles. The number of hydrogen-bond donors (Lipinski definition) is 0. The lowest BCUT2D eigenvalue weighted by molar-refractivity contribution is -0.116. The summed E-state index contributed by atoms with van der Waals surface area (Å²) < 4.78 is 10.1. The Morgan fingerprint density at radius 3 is 3.07 bits per heavy atom. The van der Waals surface area contributed by atoms with Crippen LogP contribution in [0.15, 0.2) is 27.3 Å². The van der Waals surface area contributed by atoms with Crippen molar-refractivity contribution >= 4 is 5.78 Å². The van der Waals surface area contributed by atoms with E-state index in [-0.39, 0.29) is 12.2 Å². The van der Waals surface area contributed by atoms with Gasteiger partial charge in [-0.1, -0.05) is 5.16 Å². The molecule has 0 bridgehead atoms. The summed E-state index contributed by atoms with van der Waals surface area (Å²) in [7, 11) is 0. The van der Waals surface area contributed by atoms with E-state index in [2.05, 4.69) is 10.1 Å². The van der Waals surface area contributed by atoms with Crippen LogP contribution in [0, 0.1) is 0 Å². The van der Waals surface area contributed by atoms with Gasteiger partial charge >= 0.3 is 0 Å². The van der Waals surface area contributed by atoms with Crippen molar-refractivity contribution in [2.24, 2.45) is 0 Å². The first-order valence-electron chi connectivity index (χ1n) is 4.57. The molecule has 5 heteroatoms.